The molecule has 1 aromatic carbocycles. The number of nitrogens with two attached hydrogens (primary N) is 1. The zero-order valence-corrected chi connectivity index (χ0v) is 12.0. The molecule has 0 amide bonds. The molecule has 3 heteroatoms. The Hall–Kier alpha value is -1.06. The van der Waals surface area contributed by atoms with Crippen molar-refractivity contribution in [1.82, 2.24) is 0 Å². The first-order valence-electron chi connectivity index (χ1n) is 7.43. The number of benzene rings is 1. The van der Waals surface area contributed by atoms with Crippen molar-refractivity contribution in [2.24, 2.45) is 5.73 Å². The van der Waals surface area contributed by atoms with Crippen molar-refractivity contribution in [1.29, 1.82) is 0 Å². The Bertz CT molecular complexity index is 375. The van der Waals surface area contributed by atoms with Crippen molar-refractivity contribution >= 4 is 5.69 Å². The number of anilines is 1. The Kier molecular flexibility index (Phi) is 5.67. The molecule has 1 aliphatic heterocycles. The zero-order chi connectivity index (χ0) is 13.5. The monoisotopic (exact) mass is 262 g/mol. The molecule has 1 atom stereocenters. The molecule has 1 fully saturated rings. The fraction of sp³-hybridized carbons (Fsp3) is 0.625. The Morgan fingerprint density at radius 3 is 2.95 bits per heavy atom. The van der Waals surface area contributed by atoms with Gasteiger partial charge < -0.3 is 15.4 Å². The Morgan fingerprint density at radius 2 is 2.26 bits per heavy atom. The minimum absolute atomic E-state index is 0.382. The molecular weight excluding hydrogens is 236 g/mol. The van der Waals surface area contributed by atoms with Crippen LogP contribution in [-0.2, 0) is 4.74 Å². The normalized spacial score (nSPS) is 19.4. The summed E-state index contributed by atoms with van der Waals surface area (Å²) in [6.07, 6.45) is 5.10. The van der Waals surface area contributed by atoms with Crippen LogP contribution in [0.5, 0.6) is 0 Å². The molecule has 1 saturated heterocycles. The van der Waals surface area contributed by atoms with E-state index in [9.17, 15) is 0 Å². The molecule has 106 valence electrons. The van der Waals surface area contributed by atoms with Gasteiger partial charge in [0, 0.05) is 25.4 Å². The van der Waals surface area contributed by atoms with Gasteiger partial charge in [0.15, 0.2) is 0 Å². The number of hydrogen-bond acceptors (Lipinski definition) is 3. The standard InChI is InChI=1S/C16H26N2O/c1-14-6-4-7-15(12-14)18(10-5-9-17)13-16-8-2-3-11-19-16/h4,6-7,12,16H,2-3,5,8-11,13,17H2,1H3. The lowest BCUT2D eigenvalue weighted by atomic mass is 10.1. The second kappa shape index (κ2) is 7.51. The average molecular weight is 262 g/mol. The van der Waals surface area contributed by atoms with Gasteiger partial charge in [-0.15, -0.1) is 0 Å². The summed E-state index contributed by atoms with van der Waals surface area (Å²) in [5, 5.41) is 0. The van der Waals surface area contributed by atoms with Crippen LogP contribution < -0.4 is 10.6 Å². The van der Waals surface area contributed by atoms with Crippen LogP contribution in [0.4, 0.5) is 5.69 Å². The highest BCUT2D eigenvalue weighted by molar-refractivity contribution is 5.48. The van der Waals surface area contributed by atoms with E-state index in [4.69, 9.17) is 10.5 Å². The minimum Gasteiger partial charge on any atom is -0.376 e. The lowest BCUT2D eigenvalue weighted by Gasteiger charge is -2.31. The third kappa shape index (κ3) is 4.51. The molecule has 0 radical (unpaired) electrons. The highest BCUT2D eigenvalue weighted by atomic mass is 16.5. The van der Waals surface area contributed by atoms with E-state index < -0.39 is 0 Å². The molecule has 0 aromatic heterocycles. The summed E-state index contributed by atoms with van der Waals surface area (Å²) in [6, 6.07) is 8.70. The maximum Gasteiger partial charge on any atom is 0.0749 e. The summed E-state index contributed by atoms with van der Waals surface area (Å²) >= 11 is 0. The van der Waals surface area contributed by atoms with Gasteiger partial charge in [-0.25, -0.2) is 0 Å². The third-order valence-corrected chi connectivity index (χ3v) is 3.70. The van der Waals surface area contributed by atoms with Crippen molar-refractivity contribution in [3.8, 4) is 0 Å². The predicted octanol–water partition coefficient (Wildman–Crippen LogP) is 2.72. The average Bonchev–Trinajstić information content (AvgIpc) is 2.44. The summed E-state index contributed by atoms with van der Waals surface area (Å²) in [5.41, 5.74) is 8.26. The molecule has 19 heavy (non-hydrogen) atoms. The lowest BCUT2D eigenvalue weighted by Crippen LogP contribution is -2.37. The second-order valence-electron chi connectivity index (χ2n) is 5.42. The van der Waals surface area contributed by atoms with E-state index in [2.05, 4.69) is 36.1 Å². The Labute approximate surface area is 116 Å². The van der Waals surface area contributed by atoms with E-state index >= 15 is 0 Å². The van der Waals surface area contributed by atoms with E-state index in [1.54, 1.807) is 0 Å². The molecule has 2 N–H and O–H groups in total. The van der Waals surface area contributed by atoms with Crippen LogP contribution in [0.2, 0.25) is 0 Å². The number of ether oxygens (including phenoxy) is 1. The maximum atomic E-state index is 5.87. The van der Waals surface area contributed by atoms with Crippen molar-refractivity contribution < 1.29 is 4.74 Å². The Balaban J connectivity index is 2.01. The van der Waals surface area contributed by atoms with Crippen molar-refractivity contribution in [3.63, 3.8) is 0 Å². The first kappa shape index (κ1) is 14.4. The molecule has 0 aliphatic carbocycles. The highest BCUT2D eigenvalue weighted by Crippen LogP contribution is 2.20. The van der Waals surface area contributed by atoms with Crippen LogP contribution in [-0.4, -0.2) is 32.3 Å². The summed E-state index contributed by atoms with van der Waals surface area (Å²) in [4.78, 5) is 2.43. The van der Waals surface area contributed by atoms with Crippen LogP contribution in [0.15, 0.2) is 24.3 Å². The summed E-state index contributed by atoms with van der Waals surface area (Å²) < 4.78 is 5.87. The van der Waals surface area contributed by atoms with E-state index in [1.165, 1.54) is 30.5 Å². The van der Waals surface area contributed by atoms with E-state index in [1.807, 2.05) is 0 Å². The third-order valence-electron chi connectivity index (χ3n) is 3.70. The van der Waals surface area contributed by atoms with Crippen molar-refractivity contribution in [3.05, 3.63) is 29.8 Å². The molecule has 1 unspecified atom stereocenters. The molecule has 3 nitrogen and oxygen atoms in total. The quantitative estimate of drug-likeness (QED) is 0.856. The van der Waals surface area contributed by atoms with Gasteiger partial charge in [-0.3, -0.25) is 0 Å². The number of rotatable bonds is 6. The maximum absolute atomic E-state index is 5.87. The smallest absolute Gasteiger partial charge is 0.0749 e. The molecule has 1 aromatic rings. The largest absolute Gasteiger partial charge is 0.376 e. The van der Waals surface area contributed by atoms with Gasteiger partial charge in [0.2, 0.25) is 0 Å². The molecule has 2 rings (SSSR count). The SMILES string of the molecule is Cc1cccc(N(CCCN)CC2CCCCO2)c1. The van der Waals surface area contributed by atoms with Gasteiger partial charge in [0.05, 0.1) is 6.10 Å². The first-order valence-corrected chi connectivity index (χ1v) is 7.43. The molecule has 0 spiro atoms. The number of nitrogens with zero attached hydrogens (tertiary/aromatic N) is 1. The van der Waals surface area contributed by atoms with E-state index in [0.29, 0.717) is 6.10 Å². The van der Waals surface area contributed by atoms with Gasteiger partial charge in [0.25, 0.3) is 0 Å². The van der Waals surface area contributed by atoms with Gasteiger partial charge in [-0.05, 0) is 56.8 Å². The molecular formula is C16H26N2O. The molecule has 1 heterocycles. The molecule has 0 bridgehead atoms. The van der Waals surface area contributed by atoms with Gasteiger partial charge in [-0.1, -0.05) is 12.1 Å². The van der Waals surface area contributed by atoms with Crippen LogP contribution >= 0.6 is 0 Å². The van der Waals surface area contributed by atoms with Crippen molar-refractivity contribution in [2.75, 3.05) is 31.1 Å². The van der Waals surface area contributed by atoms with Crippen LogP contribution in [0, 0.1) is 6.92 Å². The van der Waals surface area contributed by atoms with Crippen LogP contribution in [0.1, 0.15) is 31.2 Å². The fourth-order valence-electron chi connectivity index (χ4n) is 2.63. The van der Waals surface area contributed by atoms with Gasteiger partial charge in [-0.2, -0.15) is 0 Å². The predicted molar refractivity (Wildman–Crippen MR) is 80.7 cm³/mol. The minimum atomic E-state index is 0.382. The topological polar surface area (TPSA) is 38.5 Å². The molecule has 0 saturated carbocycles. The number of hydrogen-bond donors (Lipinski definition) is 1. The van der Waals surface area contributed by atoms with Crippen LogP contribution in [0.3, 0.4) is 0 Å². The van der Waals surface area contributed by atoms with E-state index in [0.717, 1.165) is 32.7 Å². The summed E-state index contributed by atoms with van der Waals surface area (Å²) in [7, 11) is 0. The molecule has 1 aliphatic rings. The fourth-order valence-corrected chi connectivity index (χ4v) is 2.63. The van der Waals surface area contributed by atoms with Gasteiger partial charge in [0.1, 0.15) is 0 Å². The zero-order valence-electron chi connectivity index (χ0n) is 12.0. The lowest BCUT2D eigenvalue weighted by molar-refractivity contribution is 0.0210. The summed E-state index contributed by atoms with van der Waals surface area (Å²) in [5.74, 6) is 0. The highest BCUT2D eigenvalue weighted by Gasteiger charge is 2.18. The van der Waals surface area contributed by atoms with Crippen molar-refractivity contribution in [2.45, 2.75) is 38.7 Å². The van der Waals surface area contributed by atoms with E-state index in [-0.39, 0.29) is 0 Å². The second-order valence-corrected chi connectivity index (χ2v) is 5.42. The number of aryl methyl sites for hydroxylation is 1. The van der Waals surface area contributed by atoms with Gasteiger partial charge >= 0.3 is 0 Å². The Morgan fingerprint density at radius 1 is 1.37 bits per heavy atom. The first-order chi connectivity index (χ1) is 9.29. The summed E-state index contributed by atoms with van der Waals surface area (Å²) in [6.45, 7) is 5.81. The van der Waals surface area contributed by atoms with Crippen LogP contribution in [0.25, 0.3) is 0 Å².